The Kier molecular flexibility index (Phi) is 5.16. The molecule has 1 fully saturated rings. The lowest BCUT2D eigenvalue weighted by Gasteiger charge is -2.20. The van der Waals surface area contributed by atoms with Crippen LogP contribution in [0.15, 0.2) is 18.2 Å². The topological polar surface area (TPSA) is 67.6 Å². The van der Waals surface area contributed by atoms with Gasteiger partial charge in [-0.2, -0.15) is 0 Å². The maximum atomic E-state index is 11.2. The quantitative estimate of drug-likeness (QED) is 0.845. The Bertz CT molecular complexity index is 716. The van der Waals surface area contributed by atoms with Crippen LogP contribution in [0.25, 0.3) is 11.0 Å². The molecule has 0 amide bonds. The lowest BCUT2D eigenvalue weighted by Crippen LogP contribution is -2.27. The van der Waals surface area contributed by atoms with E-state index < -0.39 is 5.97 Å². The molecule has 1 unspecified atom stereocenters. The number of carbonyl (C=O) groups is 1. The Morgan fingerprint density at radius 2 is 2.21 bits per heavy atom. The largest absolute Gasteiger partial charge is 0.478 e. The van der Waals surface area contributed by atoms with Gasteiger partial charge in [0, 0.05) is 19.7 Å². The van der Waals surface area contributed by atoms with E-state index in [0.29, 0.717) is 0 Å². The average molecular weight is 331 g/mol. The molecule has 0 saturated carbocycles. The molecule has 1 aromatic carbocycles. The molecular weight excluding hydrogens is 306 g/mol. The van der Waals surface area contributed by atoms with E-state index in [1.807, 2.05) is 6.07 Å². The highest BCUT2D eigenvalue weighted by atomic mass is 16.5. The SMILES string of the molecule is CCN(CC)CCn1c(C2CCCO2)nc2cc(C(=O)O)ccc21. The van der Waals surface area contributed by atoms with Crippen LogP contribution in [-0.4, -0.2) is 51.8 Å². The molecule has 0 radical (unpaired) electrons. The van der Waals surface area contributed by atoms with E-state index in [-0.39, 0.29) is 11.7 Å². The second-order valence-corrected chi connectivity index (χ2v) is 6.16. The van der Waals surface area contributed by atoms with Gasteiger partial charge in [-0.05, 0) is 44.1 Å². The molecule has 1 atom stereocenters. The van der Waals surface area contributed by atoms with Crippen LogP contribution >= 0.6 is 0 Å². The summed E-state index contributed by atoms with van der Waals surface area (Å²) in [5, 5.41) is 9.21. The van der Waals surface area contributed by atoms with Crippen molar-refractivity contribution in [2.24, 2.45) is 0 Å². The number of ether oxygens (including phenoxy) is 1. The second-order valence-electron chi connectivity index (χ2n) is 6.16. The molecule has 0 bridgehead atoms. The monoisotopic (exact) mass is 331 g/mol. The predicted molar refractivity (Wildman–Crippen MR) is 92.4 cm³/mol. The van der Waals surface area contributed by atoms with Crippen LogP contribution in [0.4, 0.5) is 0 Å². The number of likely N-dealkylation sites (N-methyl/N-ethyl adjacent to an activating group) is 1. The van der Waals surface area contributed by atoms with Gasteiger partial charge in [-0.3, -0.25) is 0 Å². The molecule has 24 heavy (non-hydrogen) atoms. The zero-order valence-corrected chi connectivity index (χ0v) is 14.4. The smallest absolute Gasteiger partial charge is 0.335 e. The highest BCUT2D eigenvalue weighted by Gasteiger charge is 2.25. The highest BCUT2D eigenvalue weighted by molar-refractivity contribution is 5.92. The Morgan fingerprint density at radius 3 is 2.83 bits per heavy atom. The van der Waals surface area contributed by atoms with Crippen molar-refractivity contribution in [1.82, 2.24) is 14.5 Å². The predicted octanol–water partition coefficient (Wildman–Crippen LogP) is 2.93. The van der Waals surface area contributed by atoms with Gasteiger partial charge in [0.25, 0.3) is 0 Å². The normalized spacial score (nSPS) is 17.9. The number of carboxylic acid groups (broad SMARTS) is 1. The molecule has 0 aliphatic carbocycles. The van der Waals surface area contributed by atoms with Gasteiger partial charge in [-0.1, -0.05) is 13.8 Å². The maximum Gasteiger partial charge on any atom is 0.335 e. The minimum Gasteiger partial charge on any atom is -0.478 e. The van der Waals surface area contributed by atoms with Crippen LogP contribution in [0.3, 0.4) is 0 Å². The van der Waals surface area contributed by atoms with Gasteiger partial charge in [0.15, 0.2) is 0 Å². The van der Waals surface area contributed by atoms with Crippen molar-refractivity contribution in [1.29, 1.82) is 0 Å². The Labute approximate surface area is 142 Å². The summed E-state index contributed by atoms with van der Waals surface area (Å²) in [4.78, 5) is 18.3. The van der Waals surface area contributed by atoms with Crippen LogP contribution in [-0.2, 0) is 11.3 Å². The van der Waals surface area contributed by atoms with Crippen molar-refractivity contribution in [3.63, 3.8) is 0 Å². The van der Waals surface area contributed by atoms with E-state index in [1.54, 1.807) is 12.1 Å². The third kappa shape index (κ3) is 3.30. The molecule has 0 spiro atoms. The van der Waals surface area contributed by atoms with Crippen molar-refractivity contribution in [3.8, 4) is 0 Å². The van der Waals surface area contributed by atoms with Crippen molar-refractivity contribution < 1.29 is 14.6 Å². The molecule has 6 nitrogen and oxygen atoms in total. The summed E-state index contributed by atoms with van der Waals surface area (Å²) in [6.45, 7) is 8.90. The second kappa shape index (κ2) is 7.32. The number of carboxylic acids is 1. The number of imidazole rings is 1. The molecular formula is C18H25N3O3. The Morgan fingerprint density at radius 1 is 1.42 bits per heavy atom. The van der Waals surface area contributed by atoms with E-state index in [2.05, 4.69) is 23.3 Å². The summed E-state index contributed by atoms with van der Waals surface area (Å²) in [5.41, 5.74) is 1.99. The van der Waals surface area contributed by atoms with E-state index >= 15 is 0 Å². The van der Waals surface area contributed by atoms with Gasteiger partial charge < -0.3 is 19.3 Å². The fourth-order valence-electron chi connectivity index (χ4n) is 3.32. The number of aromatic nitrogens is 2. The number of nitrogens with zero attached hydrogens (tertiary/aromatic N) is 3. The third-order valence-corrected chi connectivity index (χ3v) is 4.78. The summed E-state index contributed by atoms with van der Waals surface area (Å²) < 4.78 is 8.04. The Balaban J connectivity index is 1.98. The van der Waals surface area contributed by atoms with Gasteiger partial charge in [-0.25, -0.2) is 9.78 Å². The minimum absolute atomic E-state index is 0.0161. The first-order valence-electron chi connectivity index (χ1n) is 8.71. The number of hydrogen-bond acceptors (Lipinski definition) is 4. The first-order chi connectivity index (χ1) is 11.6. The number of aromatic carboxylic acids is 1. The van der Waals surface area contributed by atoms with Gasteiger partial charge in [-0.15, -0.1) is 0 Å². The summed E-state index contributed by atoms with van der Waals surface area (Å²) in [7, 11) is 0. The first-order valence-corrected chi connectivity index (χ1v) is 8.71. The summed E-state index contributed by atoms with van der Waals surface area (Å²) in [6.07, 6.45) is 2.03. The lowest BCUT2D eigenvalue weighted by atomic mass is 10.2. The molecule has 1 N–H and O–H groups in total. The van der Waals surface area contributed by atoms with Gasteiger partial charge in [0.2, 0.25) is 0 Å². The number of rotatable bonds is 7. The van der Waals surface area contributed by atoms with E-state index in [4.69, 9.17) is 9.72 Å². The van der Waals surface area contributed by atoms with Gasteiger partial charge in [0.05, 0.1) is 16.6 Å². The van der Waals surface area contributed by atoms with Crippen LogP contribution < -0.4 is 0 Å². The number of hydrogen-bond donors (Lipinski definition) is 1. The van der Waals surface area contributed by atoms with Crippen molar-refractivity contribution >= 4 is 17.0 Å². The molecule has 1 saturated heterocycles. The fraction of sp³-hybridized carbons (Fsp3) is 0.556. The molecule has 1 aliphatic heterocycles. The van der Waals surface area contributed by atoms with E-state index in [0.717, 1.165) is 62.5 Å². The zero-order valence-electron chi connectivity index (χ0n) is 14.4. The summed E-state index contributed by atoms with van der Waals surface area (Å²) in [5.74, 6) is 0.00505. The molecule has 130 valence electrons. The van der Waals surface area contributed by atoms with Crippen LogP contribution in [0.1, 0.15) is 49.0 Å². The van der Waals surface area contributed by atoms with Crippen LogP contribution in [0, 0.1) is 0 Å². The fourth-order valence-corrected chi connectivity index (χ4v) is 3.32. The molecule has 3 rings (SSSR count). The molecule has 2 aromatic rings. The van der Waals surface area contributed by atoms with E-state index in [9.17, 15) is 9.90 Å². The number of fused-ring (bicyclic) bond motifs is 1. The maximum absolute atomic E-state index is 11.2. The molecule has 6 heteroatoms. The highest BCUT2D eigenvalue weighted by Crippen LogP contribution is 2.31. The van der Waals surface area contributed by atoms with Crippen LogP contribution in [0.2, 0.25) is 0 Å². The molecule has 1 aromatic heterocycles. The van der Waals surface area contributed by atoms with Gasteiger partial charge in [0.1, 0.15) is 11.9 Å². The lowest BCUT2D eigenvalue weighted by molar-refractivity contribution is 0.0697. The van der Waals surface area contributed by atoms with Crippen molar-refractivity contribution in [2.75, 3.05) is 26.2 Å². The average Bonchev–Trinajstić information content (AvgIpc) is 3.22. The van der Waals surface area contributed by atoms with Crippen LogP contribution in [0.5, 0.6) is 0 Å². The van der Waals surface area contributed by atoms with Crippen molar-refractivity contribution in [2.45, 2.75) is 39.3 Å². The van der Waals surface area contributed by atoms with Gasteiger partial charge >= 0.3 is 5.97 Å². The molecule has 2 heterocycles. The standard InChI is InChI=1S/C18H25N3O3/c1-3-20(4-2)9-10-21-15-8-7-13(18(22)23)12-14(15)19-17(21)16-6-5-11-24-16/h7-8,12,16H,3-6,9-11H2,1-2H3,(H,22,23). The summed E-state index contributed by atoms with van der Waals surface area (Å²) >= 11 is 0. The summed E-state index contributed by atoms with van der Waals surface area (Å²) in [6, 6.07) is 5.18. The Hall–Kier alpha value is -1.92. The van der Waals surface area contributed by atoms with Crippen molar-refractivity contribution in [3.05, 3.63) is 29.6 Å². The third-order valence-electron chi connectivity index (χ3n) is 4.78. The van der Waals surface area contributed by atoms with E-state index in [1.165, 1.54) is 0 Å². The zero-order chi connectivity index (χ0) is 17.1. The minimum atomic E-state index is -0.923. The number of benzene rings is 1. The first kappa shape index (κ1) is 16.9. The molecule has 1 aliphatic rings.